The fourth-order valence-corrected chi connectivity index (χ4v) is 3.45. The van der Waals surface area contributed by atoms with Crippen molar-refractivity contribution < 1.29 is 0 Å². The van der Waals surface area contributed by atoms with Crippen LogP contribution in [-0.4, -0.2) is 62.2 Å². The van der Waals surface area contributed by atoms with Crippen LogP contribution in [0.15, 0.2) is 0 Å². The Bertz CT molecular complexity index is 226. The minimum Gasteiger partial charge on any atom is -0.314 e. The van der Waals surface area contributed by atoms with Gasteiger partial charge in [-0.25, -0.2) is 0 Å². The summed E-state index contributed by atoms with van der Waals surface area (Å²) in [6, 6.07) is 0.853. The predicted octanol–water partition coefficient (Wildman–Crippen LogP) is 1.79. The molecule has 2 rings (SSSR count). The van der Waals surface area contributed by atoms with E-state index in [0.29, 0.717) is 0 Å². The molecule has 1 saturated carbocycles. The van der Waals surface area contributed by atoms with Gasteiger partial charge in [-0.1, -0.05) is 26.2 Å². The summed E-state index contributed by atoms with van der Waals surface area (Å²) in [7, 11) is 2.34. The van der Waals surface area contributed by atoms with Crippen LogP contribution in [-0.2, 0) is 0 Å². The molecule has 1 aliphatic heterocycles. The van der Waals surface area contributed by atoms with Crippen molar-refractivity contribution in [3.05, 3.63) is 0 Å². The third kappa shape index (κ3) is 4.22. The molecule has 0 radical (unpaired) electrons. The van der Waals surface area contributed by atoms with E-state index in [1.807, 2.05) is 0 Å². The van der Waals surface area contributed by atoms with Gasteiger partial charge >= 0.3 is 0 Å². The van der Waals surface area contributed by atoms with Crippen molar-refractivity contribution in [1.29, 1.82) is 0 Å². The molecule has 3 nitrogen and oxygen atoms in total. The fourth-order valence-electron chi connectivity index (χ4n) is 3.45. The van der Waals surface area contributed by atoms with Gasteiger partial charge in [-0.3, -0.25) is 4.90 Å². The Balaban J connectivity index is 1.68. The van der Waals surface area contributed by atoms with E-state index in [0.717, 1.165) is 12.0 Å². The highest BCUT2D eigenvalue weighted by Gasteiger charge is 2.24. The summed E-state index contributed by atoms with van der Waals surface area (Å²) in [4.78, 5) is 5.23. The van der Waals surface area contributed by atoms with E-state index in [9.17, 15) is 0 Å². The lowest BCUT2D eigenvalue weighted by Gasteiger charge is -2.36. The van der Waals surface area contributed by atoms with Crippen molar-refractivity contribution in [2.45, 2.75) is 45.1 Å². The van der Waals surface area contributed by atoms with E-state index in [1.54, 1.807) is 0 Å². The summed E-state index contributed by atoms with van der Waals surface area (Å²) < 4.78 is 0. The van der Waals surface area contributed by atoms with Crippen LogP contribution in [0, 0.1) is 5.92 Å². The van der Waals surface area contributed by atoms with Gasteiger partial charge in [0.1, 0.15) is 0 Å². The quantitative estimate of drug-likeness (QED) is 0.806. The molecular formula is C15H31N3. The van der Waals surface area contributed by atoms with Crippen LogP contribution in [0.2, 0.25) is 0 Å². The highest BCUT2D eigenvalue weighted by atomic mass is 15.2. The van der Waals surface area contributed by atoms with Gasteiger partial charge in [-0.2, -0.15) is 0 Å². The lowest BCUT2D eigenvalue weighted by atomic mass is 9.83. The topological polar surface area (TPSA) is 18.5 Å². The predicted molar refractivity (Wildman–Crippen MR) is 78.0 cm³/mol. The zero-order chi connectivity index (χ0) is 12.8. The van der Waals surface area contributed by atoms with Crippen LogP contribution in [0.1, 0.15) is 39.0 Å². The van der Waals surface area contributed by atoms with Gasteiger partial charge in [0.25, 0.3) is 0 Å². The smallest absolute Gasteiger partial charge is 0.0110 e. The Kier molecular flexibility index (Phi) is 5.93. The maximum Gasteiger partial charge on any atom is 0.0110 e. The van der Waals surface area contributed by atoms with Crippen LogP contribution in [0.3, 0.4) is 0 Å². The van der Waals surface area contributed by atoms with E-state index in [2.05, 4.69) is 29.1 Å². The lowest BCUT2D eigenvalue weighted by Crippen LogP contribution is -2.47. The minimum absolute atomic E-state index is 0.853. The highest BCUT2D eigenvalue weighted by Crippen LogP contribution is 2.28. The second-order valence-corrected chi connectivity index (χ2v) is 6.17. The average Bonchev–Trinajstić information content (AvgIpc) is 2.46. The van der Waals surface area contributed by atoms with E-state index < -0.39 is 0 Å². The number of piperazine rings is 1. The van der Waals surface area contributed by atoms with Gasteiger partial charge in [0.05, 0.1) is 0 Å². The SMILES string of the molecule is CCC1CCCC(N(C)CCN2CCNCC2)C1. The monoisotopic (exact) mass is 253 g/mol. The largest absolute Gasteiger partial charge is 0.314 e. The van der Waals surface area contributed by atoms with Crippen molar-refractivity contribution in [3.63, 3.8) is 0 Å². The number of nitrogens with one attached hydrogen (secondary N) is 1. The number of nitrogens with zero attached hydrogens (tertiary/aromatic N) is 2. The normalized spacial score (nSPS) is 30.8. The molecule has 1 heterocycles. The first-order chi connectivity index (χ1) is 8.79. The molecule has 2 atom stereocenters. The molecule has 0 aromatic heterocycles. The molecule has 0 spiro atoms. The second-order valence-electron chi connectivity index (χ2n) is 6.17. The molecule has 2 aliphatic rings. The lowest BCUT2D eigenvalue weighted by molar-refractivity contribution is 0.132. The Labute approximate surface area is 113 Å². The standard InChI is InChI=1S/C15H31N3/c1-3-14-5-4-6-15(13-14)17(2)11-12-18-9-7-16-8-10-18/h14-16H,3-13H2,1-2H3. The number of likely N-dealkylation sites (N-methyl/N-ethyl adjacent to an activating group) is 1. The first-order valence-corrected chi connectivity index (χ1v) is 7.93. The van der Waals surface area contributed by atoms with E-state index in [4.69, 9.17) is 0 Å². The molecular weight excluding hydrogens is 222 g/mol. The third-order valence-corrected chi connectivity index (χ3v) is 4.93. The summed E-state index contributed by atoms with van der Waals surface area (Å²) in [6.07, 6.45) is 7.16. The van der Waals surface area contributed by atoms with Crippen LogP contribution in [0.5, 0.6) is 0 Å². The van der Waals surface area contributed by atoms with Gasteiger partial charge in [-0.15, -0.1) is 0 Å². The molecule has 106 valence electrons. The van der Waals surface area contributed by atoms with E-state index in [-0.39, 0.29) is 0 Å². The van der Waals surface area contributed by atoms with Crippen molar-refractivity contribution >= 4 is 0 Å². The summed E-state index contributed by atoms with van der Waals surface area (Å²) in [5.74, 6) is 0.991. The summed E-state index contributed by atoms with van der Waals surface area (Å²) in [5, 5.41) is 3.42. The van der Waals surface area contributed by atoms with Crippen LogP contribution in [0.25, 0.3) is 0 Å². The zero-order valence-electron chi connectivity index (χ0n) is 12.3. The molecule has 3 heteroatoms. The summed E-state index contributed by atoms with van der Waals surface area (Å²) >= 11 is 0. The number of hydrogen-bond donors (Lipinski definition) is 1. The molecule has 18 heavy (non-hydrogen) atoms. The van der Waals surface area contributed by atoms with Crippen molar-refractivity contribution in [3.8, 4) is 0 Å². The molecule has 1 aliphatic carbocycles. The Morgan fingerprint density at radius 3 is 2.72 bits per heavy atom. The zero-order valence-corrected chi connectivity index (χ0v) is 12.3. The van der Waals surface area contributed by atoms with E-state index in [1.165, 1.54) is 71.4 Å². The van der Waals surface area contributed by atoms with Crippen LogP contribution >= 0.6 is 0 Å². The van der Waals surface area contributed by atoms with Gasteiger partial charge in [0.15, 0.2) is 0 Å². The summed E-state index contributed by atoms with van der Waals surface area (Å²) in [5.41, 5.74) is 0. The summed E-state index contributed by atoms with van der Waals surface area (Å²) in [6.45, 7) is 9.67. The molecule has 1 N–H and O–H groups in total. The maximum atomic E-state index is 3.42. The molecule has 1 saturated heterocycles. The van der Waals surface area contributed by atoms with Gasteiger partial charge in [0.2, 0.25) is 0 Å². The fraction of sp³-hybridized carbons (Fsp3) is 1.00. The van der Waals surface area contributed by atoms with Gasteiger partial charge in [0, 0.05) is 45.3 Å². The maximum absolute atomic E-state index is 3.42. The van der Waals surface area contributed by atoms with Gasteiger partial charge < -0.3 is 10.2 Å². The molecule has 2 fully saturated rings. The molecule has 0 aromatic rings. The number of hydrogen-bond acceptors (Lipinski definition) is 3. The first kappa shape index (κ1) is 14.3. The van der Waals surface area contributed by atoms with Gasteiger partial charge in [-0.05, 0) is 25.8 Å². The average molecular weight is 253 g/mol. The Morgan fingerprint density at radius 2 is 2.00 bits per heavy atom. The molecule has 0 aromatic carbocycles. The van der Waals surface area contributed by atoms with Crippen molar-refractivity contribution in [2.75, 3.05) is 46.3 Å². The Hall–Kier alpha value is -0.120. The number of rotatable bonds is 5. The minimum atomic E-state index is 0.853. The molecule has 2 unspecified atom stereocenters. The van der Waals surface area contributed by atoms with Crippen molar-refractivity contribution in [2.24, 2.45) is 5.92 Å². The third-order valence-electron chi connectivity index (χ3n) is 4.93. The van der Waals surface area contributed by atoms with Crippen LogP contribution < -0.4 is 5.32 Å². The van der Waals surface area contributed by atoms with Crippen molar-refractivity contribution in [1.82, 2.24) is 15.1 Å². The first-order valence-electron chi connectivity index (χ1n) is 7.93. The van der Waals surface area contributed by atoms with E-state index >= 15 is 0 Å². The van der Waals surface area contributed by atoms with Crippen LogP contribution in [0.4, 0.5) is 0 Å². The second kappa shape index (κ2) is 7.46. The highest BCUT2D eigenvalue weighted by molar-refractivity contribution is 4.79. The Morgan fingerprint density at radius 1 is 1.22 bits per heavy atom. The molecule has 0 bridgehead atoms. The molecule has 0 amide bonds.